The summed E-state index contributed by atoms with van der Waals surface area (Å²) in [5.41, 5.74) is 6.11. The van der Waals surface area contributed by atoms with E-state index in [1.54, 1.807) is 0 Å². The van der Waals surface area contributed by atoms with Gasteiger partial charge in [-0.2, -0.15) is 0 Å². The third-order valence-electron chi connectivity index (χ3n) is 5.72. The largest absolute Gasteiger partial charge is 0.479 e. The summed E-state index contributed by atoms with van der Waals surface area (Å²) >= 11 is 0. The van der Waals surface area contributed by atoms with Crippen LogP contribution >= 0.6 is 15.3 Å². The van der Waals surface area contributed by atoms with E-state index in [0.717, 1.165) is 6.33 Å². The molecule has 2 fully saturated rings. The van der Waals surface area contributed by atoms with Crippen molar-refractivity contribution < 1.29 is 67.5 Å². The Morgan fingerprint density at radius 3 is 2.37 bits per heavy atom. The SMILES string of the molecule is [B-]P(=O)(OC[C@H]1O[C@@H](n2cnc3c(N)ncnc32)C(O)[C@H]1O)OP(=O)(O)O[C@@H]1OC(CO)[C@@H](O)[C@H](O)C1O. The van der Waals surface area contributed by atoms with Gasteiger partial charge in [-0.15, -0.1) is 0 Å². The highest BCUT2D eigenvalue weighted by atomic mass is 31.3. The molecule has 2 aliphatic heterocycles. The Kier molecular flexibility index (Phi) is 8.59. The van der Waals surface area contributed by atoms with Gasteiger partial charge in [-0.05, 0) is 0 Å². The molecular weight excluding hydrogens is 559 g/mol. The highest BCUT2D eigenvalue weighted by molar-refractivity contribution is 7.83. The van der Waals surface area contributed by atoms with Crippen molar-refractivity contribution in [3.05, 3.63) is 12.7 Å². The highest BCUT2D eigenvalue weighted by Crippen LogP contribution is 2.61. The number of nitrogens with zero attached hydrogens (tertiary/aromatic N) is 4. The van der Waals surface area contributed by atoms with Crippen LogP contribution in [-0.4, -0.2) is 125 Å². The topological polar surface area (TPSA) is 292 Å². The van der Waals surface area contributed by atoms with Crippen LogP contribution in [0.1, 0.15) is 6.23 Å². The lowest BCUT2D eigenvalue weighted by molar-refractivity contribution is -0.280. The number of aliphatic hydroxyl groups excluding tert-OH is 6. The van der Waals surface area contributed by atoms with Crippen molar-refractivity contribution in [2.24, 2.45) is 0 Å². The molecule has 2 saturated heterocycles. The van der Waals surface area contributed by atoms with Crippen LogP contribution in [0.3, 0.4) is 0 Å². The van der Waals surface area contributed by atoms with Gasteiger partial charge in [0.05, 0.1) is 27.0 Å². The number of rotatable bonds is 9. The van der Waals surface area contributed by atoms with Gasteiger partial charge < -0.3 is 67.4 Å². The molecule has 11 atom stereocenters. The van der Waals surface area contributed by atoms with Crippen LogP contribution in [0.5, 0.6) is 0 Å². The van der Waals surface area contributed by atoms with Crippen molar-refractivity contribution in [1.29, 1.82) is 0 Å². The number of hydrogen-bond acceptors (Lipinski definition) is 17. The van der Waals surface area contributed by atoms with Gasteiger partial charge in [-0.25, -0.2) is 23.8 Å². The second-order valence-corrected chi connectivity index (χ2v) is 11.5. The number of nitrogens with two attached hydrogens (primary N) is 1. The lowest BCUT2D eigenvalue weighted by Crippen LogP contribution is -2.58. The van der Waals surface area contributed by atoms with Gasteiger partial charge in [-0.1, -0.05) is 0 Å². The summed E-state index contributed by atoms with van der Waals surface area (Å²) in [5.74, 6) is 0.0576. The van der Waals surface area contributed by atoms with Crippen LogP contribution in [0.4, 0.5) is 5.82 Å². The zero-order valence-corrected chi connectivity index (χ0v) is 20.9. The van der Waals surface area contributed by atoms with Gasteiger partial charge in [-0.3, -0.25) is 9.09 Å². The smallest absolute Gasteiger partial charge is 0.443 e. The molecule has 0 bridgehead atoms. The summed E-state index contributed by atoms with van der Waals surface area (Å²) in [6.45, 7) is -1.67. The molecule has 4 heterocycles. The van der Waals surface area contributed by atoms with E-state index >= 15 is 0 Å². The van der Waals surface area contributed by atoms with Crippen LogP contribution < -0.4 is 5.73 Å². The first-order valence-corrected chi connectivity index (χ1v) is 13.9. The number of imidazole rings is 1. The number of hydrogen-bond donors (Lipinski definition) is 8. The van der Waals surface area contributed by atoms with Crippen LogP contribution in [0.15, 0.2) is 12.7 Å². The minimum Gasteiger partial charge on any atom is -0.443 e. The molecule has 0 aliphatic carbocycles. The molecule has 22 heteroatoms. The van der Waals surface area contributed by atoms with Crippen LogP contribution in [0.25, 0.3) is 11.2 Å². The van der Waals surface area contributed by atoms with Gasteiger partial charge in [0, 0.05) is 0 Å². The fourth-order valence-corrected chi connectivity index (χ4v) is 6.09. The molecule has 211 valence electrons. The maximum absolute atomic E-state index is 12.5. The summed E-state index contributed by atoms with van der Waals surface area (Å²) < 4.78 is 50.3. The number of aliphatic hydroxyl groups is 6. The minimum atomic E-state index is -5.44. The monoisotopic (exact) mass is 583 g/mol. The molecule has 4 rings (SSSR count). The molecule has 9 N–H and O–H groups in total. The van der Waals surface area contributed by atoms with E-state index in [1.807, 2.05) is 0 Å². The number of phosphoric acid groups is 1. The fourth-order valence-electron chi connectivity index (χ4n) is 3.80. The fraction of sp³-hybridized carbons (Fsp3) is 0.688. The Morgan fingerprint density at radius 2 is 1.68 bits per heavy atom. The minimum absolute atomic E-state index is 0.0576. The lowest BCUT2D eigenvalue weighted by Gasteiger charge is -2.40. The molecule has 38 heavy (non-hydrogen) atoms. The van der Waals surface area contributed by atoms with Crippen LogP contribution in [-0.2, 0) is 32.0 Å². The van der Waals surface area contributed by atoms with Gasteiger partial charge in [0.15, 0.2) is 24.0 Å². The molecule has 0 aromatic carbocycles. The van der Waals surface area contributed by atoms with E-state index in [0.29, 0.717) is 0 Å². The first-order valence-electron chi connectivity index (χ1n) is 10.8. The van der Waals surface area contributed by atoms with Crippen LogP contribution in [0.2, 0.25) is 0 Å². The predicted octanol–water partition coefficient (Wildman–Crippen LogP) is -3.75. The molecule has 0 amide bonds. The average Bonchev–Trinajstić information content (AvgIpc) is 3.39. The summed E-state index contributed by atoms with van der Waals surface area (Å²) in [7, 11) is -5.04. The van der Waals surface area contributed by atoms with E-state index in [1.165, 1.54) is 10.9 Å². The van der Waals surface area contributed by atoms with E-state index in [9.17, 15) is 44.7 Å². The molecule has 3 radical (unpaired) electrons. The van der Waals surface area contributed by atoms with Crippen molar-refractivity contribution in [2.45, 2.75) is 55.2 Å². The quantitative estimate of drug-likeness (QED) is 0.104. The molecule has 2 aliphatic rings. The van der Waals surface area contributed by atoms with Gasteiger partial charge in [0.1, 0.15) is 54.6 Å². The van der Waals surface area contributed by atoms with E-state index in [4.69, 9.17) is 27.3 Å². The second-order valence-electron chi connectivity index (χ2n) is 8.32. The number of aromatic nitrogens is 4. The molecule has 2 aromatic rings. The first kappa shape index (κ1) is 29.4. The Labute approximate surface area is 214 Å². The lowest BCUT2D eigenvalue weighted by atomic mass is 10.00. The Morgan fingerprint density at radius 1 is 1.00 bits per heavy atom. The van der Waals surface area contributed by atoms with Gasteiger partial charge >= 0.3 is 7.82 Å². The summed E-state index contributed by atoms with van der Waals surface area (Å²) in [5, 5.41) is 59.4. The van der Waals surface area contributed by atoms with Crippen molar-refractivity contribution in [3.63, 3.8) is 0 Å². The summed E-state index contributed by atoms with van der Waals surface area (Å²) in [6.07, 6.45) is -12.8. The number of anilines is 1. The number of nitrogen functional groups attached to an aromatic ring is 1. The van der Waals surface area contributed by atoms with Crippen molar-refractivity contribution in [2.75, 3.05) is 18.9 Å². The standard InChI is InChI=1S/C16H24BN5O14P2/c17-37(29,36-38(30,31)35-16-12(28)10(26)8(24)5(1-23)34-16)32-2-6-9(25)11(27)15(33-6)22-4-21-7-13(18)19-3-20-14(7)22/h3-6,8-12,15-16,23-28H,1-2H2,(H,30,31)(H2,18,19,20)/q-1/t5?,6-,8-,9+,10+,11?,12?,15-,16+,37?/m1/s1. The number of phosphoric ester groups is 1. The van der Waals surface area contributed by atoms with Crippen molar-refractivity contribution in [3.8, 4) is 0 Å². The molecule has 0 saturated carbocycles. The van der Waals surface area contributed by atoms with Crippen molar-refractivity contribution >= 4 is 39.8 Å². The average molecular weight is 583 g/mol. The molecule has 19 nitrogen and oxygen atoms in total. The predicted molar refractivity (Wildman–Crippen MR) is 121 cm³/mol. The molecular formula is C16H24BN5O14P2-. The van der Waals surface area contributed by atoms with E-state index in [2.05, 4.69) is 23.8 Å². The van der Waals surface area contributed by atoms with E-state index in [-0.39, 0.29) is 17.0 Å². The number of fused-ring (bicyclic) bond motifs is 1. The van der Waals surface area contributed by atoms with Gasteiger partial charge in [0.2, 0.25) is 0 Å². The zero-order chi connectivity index (χ0) is 28.0. The van der Waals surface area contributed by atoms with Gasteiger partial charge in [0.25, 0.3) is 0 Å². The third-order valence-corrected chi connectivity index (χ3v) is 8.44. The summed E-state index contributed by atoms with van der Waals surface area (Å²) in [6, 6.07) is 0. The highest BCUT2D eigenvalue weighted by Gasteiger charge is 2.48. The Balaban J connectivity index is 1.38. The third kappa shape index (κ3) is 5.93. The summed E-state index contributed by atoms with van der Waals surface area (Å²) in [4.78, 5) is 21.8. The van der Waals surface area contributed by atoms with Crippen molar-refractivity contribution in [1.82, 2.24) is 19.5 Å². The normalized spacial score (nSPS) is 37.2. The maximum Gasteiger partial charge on any atom is 0.479 e. The molecule has 5 unspecified atom stereocenters. The molecule has 2 aromatic heterocycles. The first-order chi connectivity index (χ1) is 17.7. The molecule has 0 spiro atoms. The van der Waals surface area contributed by atoms with E-state index < -0.39 is 83.8 Å². The Bertz CT molecular complexity index is 1240. The van der Waals surface area contributed by atoms with Crippen LogP contribution in [0, 0.1) is 0 Å². The number of ether oxygens (including phenoxy) is 2. The Hall–Kier alpha value is -1.61. The second kappa shape index (κ2) is 11.1. The maximum atomic E-state index is 12.5. The zero-order valence-electron chi connectivity index (χ0n) is 19.1.